The van der Waals surface area contributed by atoms with Crippen molar-refractivity contribution in [2.75, 3.05) is 13.7 Å². The van der Waals surface area contributed by atoms with Crippen molar-refractivity contribution in [2.24, 2.45) is 5.92 Å². The molecule has 1 saturated carbocycles. The van der Waals surface area contributed by atoms with Gasteiger partial charge in [0, 0.05) is 23.4 Å². The number of methoxy groups -OCH3 is 1. The summed E-state index contributed by atoms with van der Waals surface area (Å²) in [6.45, 7) is 3.86. The van der Waals surface area contributed by atoms with Crippen molar-refractivity contribution >= 4 is 50.3 Å². The van der Waals surface area contributed by atoms with Crippen molar-refractivity contribution in [1.29, 1.82) is 0 Å². The van der Waals surface area contributed by atoms with Crippen LogP contribution in [0.3, 0.4) is 0 Å². The number of ether oxygens (including phenoxy) is 1. The summed E-state index contributed by atoms with van der Waals surface area (Å²) < 4.78 is 35.6. The van der Waals surface area contributed by atoms with E-state index < -0.39 is 39.7 Å². The number of halogens is 2. The van der Waals surface area contributed by atoms with E-state index in [2.05, 4.69) is 33.1 Å². The van der Waals surface area contributed by atoms with E-state index in [0.29, 0.717) is 6.42 Å². The number of hydrogen-bond donors (Lipinski definition) is 2. The standard InChI is InChI=1S/C18H21BrN2O6S.ClH/c1-3-11-9-18(11,17(23)26-2)21-16(22)15-8-13(10-20-15)27-28(24,25)14-6-4-12(19)5-7-14;/h3-7,11,13,15,20H,1,8-10H2,2H3,(H,21,22);1H/t11-,13-,15-,18+;/m0./s1. The highest BCUT2D eigenvalue weighted by Gasteiger charge is 2.61. The summed E-state index contributed by atoms with van der Waals surface area (Å²) in [6, 6.07) is 5.43. The highest BCUT2D eigenvalue weighted by Crippen LogP contribution is 2.45. The van der Waals surface area contributed by atoms with E-state index >= 15 is 0 Å². The average molecular weight is 510 g/mol. The third-order valence-electron chi connectivity index (χ3n) is 4.97. The zero-order valence-electron chi connectivity index (χ0n) is 15.6. The Labute approximate surface area is 184 Å². The molecule has 160 valence electrons. The molecule has 1 aromatic rings. The monoisotopic (exact) mass is 508 g/mol. The summed E-state index contributed by atoms with van der Waals surface area (Å²) in [4.78, 5) is 24.7. The minimum Gasteiger partial charge on any atom is -0.467 e. The lowest BCUT2D eigenvalue weighted by molar-refractivity contribution is -0.147. The van der Waals surface area contributed by atoms with Crippen molar-refractivity contribution in [3.05, 3.63) is 41.4 Å². The van der Waals surface area contributed by atoms with Gasteiger partial charge in [-0.25, -0.2) is 4.79 Å². The van der Waals surface area contributed by atoms with E-state index in [-0.39, 0.29) is 36.2 Å². The van der Waals surface area contributed by atoms with Gasteiger partial charge in [0.1, 0.15) is 5.54 Å². The molecule has 8 nitrogen and oxygen atoms in total. The largest absolute Gasteiger partial charge is 0.467 e. The smallest absolute Gasteiger partial charge is 0.332 e. The molecular formula is C18H22BrClN2O6S. The molecule has 1 saturated heterocycles. The summed E-state index contributed by atoms with van der Waals surface area (Å²) in [5.74, 6) is -1.11. The lowest BCUT2D eigenvalue weighted by Crippen LogP contribution is -2.51. The van der Waals surface area contributed by atoms with Gasteiger partial charge in [-0.05, 0) is 30.7 Å². The predicted molar refractivity (Wildman–Crippen MR) is 111 cm³/mol. The van der Waals surface area contributed by atoms with Gasteiger partial charge in [0.15, 0.2) is 0 Å². The molecule has 11 heteroatoms. The van der Waals surface area contributed by atoms with Gasteiger partial charge >= 0.3 is 5.97 Å². The first-order valence-corrected chi connectivity index (χ1v) is 10.9. The van der Waals surface area contributed by atoms with Crippen LogP contribution in [0.4, 0.5) is 0 Å². The van der Waals surface area contributed by atoms with Gasteiger partial charge in [-0.3, -0.25) is 8.98 Å². The fourth-order valence-corrected chi connectivity index (χ4v) is 4.65. The van der Waals surface area contributed by atoms with E-state index in [1.165, 1.54) is 19.2 Å². The van der Waals surface area contributed by atoms with Gasteiger partial charge in [-0.1, -0.05) is 22.0 Å². The first-order chi connectivity index (χ1) is 13.2. The van der Waals surface area contributed by atoms with Gasteiger partial charge in [-0.15, -0.1) is 19.0 Å². The Balaban J connectivity index is 0.00000300. The van der Waals surface area contributed by atoms with Gasteiger partial charge in [-0.2, -0.15) is 8.42 Å². The average Bonchev–Trinajstić information content (AvgIpc) is 3.18. The Bertz CT molecular complexity index is 894. The van der Waals surface area contributed by atoms with Crippen LogP contribution in [0.5, 0.6) is 0 Å². The van der Waals surface area contributed by atoms with Crippen molar-refractivity contribution in [3.8, 4) is 0 Å². The van der Waals surface area contributed by atoms with E-state index in [0.717, 1.165) is 4.47 Å². The zero-order chi connectivity index (χ0) is 20.5. The zero-order valence-corrected chi connectivity index (χ0v) is 18.8. The molecule has 1 aliphatic heterocycles. The quantitative estimate of drug-likeness (QED) is 0.326. The van der Waals surface area contributed by atoms with Crippen LogP contribution in [0.2, 0.25) is 0 Å². The molecule has 0 radical (unpaired) electrons. The number of nitrogens with one attached hydrogen (secondary N) is 2. The van der Waals surface area contributed by atoms with E-state index in [4.69, 9.17) is 8.92 Å². The minimum atomic E-state index is -3.94. The fraction of sp³-hybridized carbons (Fsp3) is 0.444. The molecule has 2 aliphatic rings. The Morgan fingerprint density at radius 2 is 2.00 bits per heavy atom. The van der Waals surface area contributed by atoms with Crippen LogP contribution in [0.1, 0.15) is 12.8 Å². The Morgan fingerprint density at radius 1 is 1.34 bits per heavy atom. The van der Waals surface area contributed by atoms with Crippen LogP contribution >= 0.6 is 28.3 Å². The van der Waals surface area contributed by atoms with Crippen LogP contribution < -0.4 is 10.6 Å². The van der Waals surface area contributed by atoms with Crippen LogP contribution in [0.25, 0.3) is 0 Å². The lowest BCUT2D eigenvalue weighted by atomic mass is 10.1. The molecule has 2 N–H and O–H groups in total. The molecule has 0 aromatic heterocycles. The maximum absolute atomic E-state index is 12.6. The summed E-state index contributed by atoms with van der Waals surface area (Å²) in [7, 11) is -2.68. The number of carbonyl (C=O) groups excluding carboxylic acids is 2. The topological polar surface area (TPSA) is 111 Å². The maximum Gasteiger partial charge on any atom is 0.332 e. The molecule has 1 heterocycles. The maximum atomic E-state index is 12.6. The lowest BCUT2D eigenvalue weighted by Gasteiger charge is -2.19. The SMILES string of the molecule is C=C[C@H]1C[C@]1(NC(=O)[C@@H]1C[C@H](OS(=O)(=O)c2ccc(Br)cc2)CN1)C(=O)OC.Cl. The molecule has 4 atom stereocenters. The first kappa shape index (κ1) is 23.8. The second kappa shape index (κ2) is 9.13. The molecule has 1 aromatic carbocycles. The Hall–Kier alpha value is -1.46. The van der Waals surface area contributed by atoms with Crippen LogP contribution in [-0.2, 0) is 28.6 Å². The number of amides is 1. The summed E-state index contributed by atoms with van der Waals surface area (Å²) in [5.41, 5.74) is -1.09. The van der Waals surface area contributed by atoms with Crippen LogP contribution in [0.15, 0.2) is 46.3 Å². The molecule has 3 rings (SSSR count). The number of hydrogen-bond acceptors (Lipinski definition) is 7. The number of benzene rings is 1. The van der Waals surface area contributed by atoms with Crippen LogP contribution in [-0.4, -0.2) is 51.6 Å². The van der Waals surface area contributed by atoms with Crippen molar-refractivity contribution in [3.63, 3.8) is 0 Å². The Kier molecular flexibility index (Phi) is 7.50. The number of esters is 1. The molecule has 0 spiro atoms. The third-order valence-corrected chi connectivity index (χ3v) is 6.87. The van der Waals surface area contributed by atoms with Crippen LogP contribution in [0, 0.1) is 5.92 Å². The molecule has 1 amide bonds. The van der Waals surface area contributed by atoms with Crippen molar-refractivity contribution in [2.45, 2.75) is 35.4 Å². The normalized spacial score (nSPS) is 28.1. The van der Waals surface area contributed by atoms with E-state index in [9.17, 15) is 18.0 Å². The molecule has 0 bridgehead atoms. The summed E-state index contributed by atoms with van der Waals surface area (Å²) in [6.07, 6.45) is 1.51. The third kappa shape index (κ3) is 5.00. The second-order valence-corrected chi connectivity index (χ2v) is 9.31. The van der Waals surface area contributed by atoms with Gasteiger partial charge < -0.3 is 15.4 Å². The van der Waals surface area contributed by atoms with Gasteiger partial charge in [0.2, 0.25) is 5.91 Å². The minimum absolute atomic E-state index is 0. The highest BCUT2D eigenvalue weighted by molar-refractivity contribution is 9.10. The summed E-state index contributed by atoms with van der Waals surface area (Å²) in [5, 5.41) is 5.67. The first-order valence-electron chi connectivity index (χ1n) is 8.67. The van der Waals surface area contributed by atoms with Crippen molar-refractivity contribution < 1.29 is 26.9 Å². The van der Waals surface area contributed by atoms with Gasteiger partial charge in [0.05, 0.1) is 24.2 Å². The predicted octanol–water partition coefficient (Wildman–Crippen LogP) is 1.54. The Morgan fingerprint density at radius 3 is 2.55 bits per heavy atom. The molecule has 1 aliphatic carbocycles. The molecule has 2 fully saturated rings. The molecule has 0 unspecified atom stereocenters. The van der Waals surface area contributed by atoms with E-state index in [1.807, 2.05) is 0 Å². The second-order valence-electron chi connectivity index (χ2n) is 6.82. The summed E-state index contributed by atoms with van der Waals surface area (Å²) >= 11 is 3.25. The van der Waals surface area contributed by atoms with Gasteiger partial charge in [0.25, 0.3) is 10.1 Å². The van der Waals surface area contributed by atoms with Crippen molar-refractivity contribution in [1.82, 2.24) is 10.6 Å². The number of carbonyl (C=O) groups is 2. The molecule has 29 heavy (non-hydrogen) atoms. The highest BCUT2D eigenvalue weighted by atomic mass is 79.9. The number of rotatable bonds is 7. The molecular weight excluding hydrogens is 488 g/mol. The van der Waals surface area contributed by atoms with E-state index in [1.54, 1.807) is 18.2 Å². The fourth-order valence-electron chi connectivity index (χ4n) is 3.30.